The highest BCUT2D eigenvalue weighted by molar-refractivity contribution is 7.91. The quantitative estimate of drug-likeness (QED) is 0.853. The molecule has 2 aliphatic rings. The van der Waals surface area contributed by atoms with Crippen LogP contribution in [-0.4, -0.2) is 74.3 Å². The van der Waals surface area contributed by atoms with Gasteiger partial charge in [-0.05, 0) is 17.9 Å². The molecule has 1 aromatic heterocycles. The Labute approximate surface area is 129 Å². The van der Waals surface area contributed by atoms with Gasteiger partial charge in [0.15, 0.2) is 0 Å². The third-order valence-electron chi connectivity index (χ3n) is 4.01. The first-order valence-corrected chi connectivity index (χ1v) is 9.38. The van der Waals surface area contributed by atoms with Crippen molar-refractivity contribution in [2.75, 3.05) is 45.9 Å². The molecule has 3 heterocycles. The van der Waals surface area contributed by atoms with E-state index in [1.807, 2.05) is 0 Å². The summed E-state index contributed by atoms with van der Waals surface area (Å²) in [5.41, 5.74) is -0.957. The maximum Gasteiger partial charge on any atom is 0.252 e. The van der Waals surface area contributed by atoms with Gasteiger partial charge in [0.25, 0.3) is 10.0 Å². The van der Waals surface area contributed by atoms with Gasteiger partial charge in [-0.2, -0.15) is 4.31 Å². The van der Waals surface area contributed by atoms with Gasteiger partial charge in [-0.15, -0.1) is 11.3 Å². The average Bonchev–Trinajstić information content (AvgIpc) is 3.10. The Bertz CT molecular complexity index is 569. The SMILES string of the molecule is O=S(=O)(c1cccs1)N1CC[C@](O)(CN2CCOCC2)C1. The molecule has 118 valence electrons. The summed E-state index contributed by atoms with van der Waals surface area (Å²) in [6.45, 7) is 3.99. The number of β-amino-alcohol motifs (C(OH)–C–C–N with tert-alkyl or cyclic N) is 1. The standard InChI is InChI=1S/C13H20N2O4S2/c16-13(10-14-5-7-19-8-6-14)3-4-15(11-13)21(17,18)12-2-1-9-20-12/h1-2,9,16H,3-8,10-11H2/t13-/m0/s1. The monoisotopic (exact) mass is 332 g/mol. The minimum Gasteiger partial charge on any atom is -0.387 e. The van der Waals surface area contributed by atoms with Crippen LogP contribution in [0.5, 0.6) is 0 Å². The van der Waals surface area contributed by atoms with E-state index in [4.69, 9.17) is 4.74 Å². The van der Waals surface area contributed by atoms with Gasteiger partial charge >= 0.3 is 0 Å². The lowest BCUT2D eigenvalue weighted by Gasteiger charge is -2.33. The molecule has 0 unspecified atom stereocenters. The molecule has 8 heteroatoms. The van der Waals surface area contributed by atoms with E-state index in [0.717, 1.165) is 13.1 Å². The van der Waals surface area contributed by atoms with Crippen molar-refractivity contribution in [3.05, 3.63) is 17.5 Å². The summed E-state index contributed by atoms with van der Waals surface area (Å²) in [7, 11) is -3.46. The fourth-order valence-corrected chi connectivity index (χ4v) is 5.53. The molecule has 3 rings (SSSR count). The first-order chi connectivity index (χ1) is 10.00. The summed E-state index contributed by atoms with van der Waals surface area (Å²) in [6.07, 6.45) is 0.481. The lowest BCUT2D eigenvalue weighted by atomic mass is 10.0. The molecule has 2 fully saturated rings. The maximum absolute atomic E-state index is 12.5. The van der Waals surface area contributed by atoms with Gasteiger partial charge in [0.05, 0.1) is 18.8 Å². The summed E-state index contributed by atoms with van der Waals surface area (Å²) < 4.78 is 32.0. The van der Waals surface area contributed by atoms with Crippen molar-refractivity contribution in [2.24, 2.45) is 0 Å². The van der Waals surface area contributed by atoms with Crippen molar-refractivity contribution in [3.8, 4) is 0 Å². The van der Waals surface area contributed by atoms with Gasteiger partial charge < -0.3 is 9.84 Å². The molecular weight excluding hydrogens is 312 g/mol. The lowest BCUT2D eigenvalue weighted by molar-refractivity contribution is -0.0239. The first-order valence-electron chi connectivity index (χ1n) is 7.06. The summed E-state index contributed by atoms with van der Waals surface area (Å²) >= 11 is 1.21. The number of hydrogen-bond donors (Lipinski definition) is 1. The number of ether oxygens (including phenoxy) is 1. The second kappa shape index (κ2) is 5.94. The van der Waals surface area contributed by atoms with Crippen molar-refractivity contribution >= 4 is 21.4 Å². The zero-order chi connectivity index (χ0) is 14.9. The molecular formula is C13H20N2O4S2. The number of aliphatic hydroxyl groups is 1. The molecule has 0 amide bonds. The minimum absolute atomic E-state index is 0.171. The molecule has 1 atom stereocenters. The van der Waals surface area contributed by atoms with E-state index in [-0.39, 0.29) is 6.54 Å². The van der Waals surface area contributed by atoms with Gasteiger partial charge in [-0.25, -0.2) is 8.42 Å². The molecule has 6 nitrogen and oxygen atoms in total. The minimum atomic E-state index is -3.46. The number of rotatable bonds is 4. The van der Waals surface area contributed by atoms with Crippen LogP contribution in [0.25, 0.3) is 0 Å². The number of morpholine rings is 1. The van der Waals surface area contributed by atoms with Crippen LogP contribution >= 0.6 is 11.3 Å². The van der Waals surface area contributed by atoms with Crippen LogP contribution < -0.4 is 0 Å². The zero-order valence-corrected chi connectivity index (χ0v) is 13.4. The van der Waals surface area contributed by atoms with Crippen LogP contribution in [0.15, 0.2) is 21.7 Å². The van der Waals surface area contributed by atoms with E-state index in [1.54, 1.807) is 17.5 Å². The number of thiophene rings is 1. The van der Waals surface area contributed by atoms with Gasteiger partial charge in [-0.3, -0.25) is 4.90 Å². The van der Waals surface area contributed by atoms with Crippen molar-refractivity contribution in [1.82, 2.24) is 9.21 Å². The number of hydrogen-bond acceptors (Lipinski definition) is 6. The zero-order valence-electron chi connectivity index (χ0n) is 11.8. The molecule has 2 aliphatic heterocycles. The van der Waals surface area contributed by atoms with Gasteiger partial charge in [0.2, 0.25) is 0 Å². The van der Waals surface area contributed by atoms with Crippen LogP contribution in [0, 0.1) is 0 Å². The molecule has 0 radical (unpaired) electrons. The highest BCUT2D eigenvalue weighted by Gasteiger charge is 2.43. The third-order valence-corrected chi connectivity index (χ3v) is 7.23. The fourth-order valence-electron chi connectivity index (χ4n) is 2.87. The van der Waals surface area contributed by atoms with Crippen molar-refractivity contribution in [3.63, 3.8) is 0 Å². The molecule has 0 spiro atoms. The normalized spacial score (nSPS) is 29.0. The van der Waals surface area contributed by atoms with E-state index in [1.165, 1.54) is 15.6 Å². The van der Waals surface area contributed by atoms with E-state index < -0.39 is 15.6 Å². The summed E-state index contributed by atoms with van der Waals surface area (Å²) in [4.78, 5) is 2.14. The average molecular weight is 332 g/mol. The summed E-state index contributed by atoms with van der Waals surface area (Å²) in [6, 6.07) is 3.34. The van der Waals surface area contributed by atoms with Gasteiger partial charge in [0, 0.05) is 32.7 Å². The fraction of sp³-hybridized carbons (Fsp3) is 0.692. The number of nitrogens with zero attached hydrogens (tertiary/aromatic N) is 2. The Morgan fingerprint density at radius 3 is 2.76 bits per heavy atom. The van der Waals surface area contributed by atoms with Crippen LogP contribution in [0.3, 0.4) is 0 Å². The molecule has 0 bridgehead atoms. The Hall–Kier alpha value is -0.510. The predicted molar refractivity (Wildman–Crippen MR) is 79.9 cm³/mol. The van der Waals surface area contributed by atoms with E-state index in [0.29, 0.717) is 36.9 Å². The van der Waals surface area contributed by atoms with Crippen LogP contribution in [0.2, 0.25) is 0 Å². The van der Waals surface area contributed by atoms with Gasteiger partial charge in [0.1, 0.15) is 4.21 Å². The van der Waals surface area contributed by atoms with Gasteiger partial charge in [-0.1, -0.05) is 6.07 Å². The van der Waals surface area contributed by atoms with E-state index >= 15 is 0 Å². The Morgan fingerprint density at radius 1 is 1.33 bits per heavy atom. The molecule has 1 aromatic rings. The van der Waals surface area contributed by atoms with Crippen LogP contribution in [-0.2, 0) is 14.8 Å². The van der Waals surface area contributed by atoms with Crippen molar-refractivity contribution in [1.29, 1.82) is 0 Å². The smallest absolute Gasteiger partial charge is 0.252 e. The predicted octanol–water partition coefficient (Wildman–Crippen LogP) is 0.206. The summed E-state index contributed by atoms with van der Waals surface area (Å²) in [5.74, 6) is 0. The molecule has 0 saturated carbocycles. The van der Waals surface area contributed by atoms with Crippen molar-refractivity contribution in [2.45, 2.75) is 16.2 Å². The molecule has 0 aromatic carbocycles. The molecule has 1 N–H and O–H groups in total. The first kappa shape index (κ1) is 15.4. The Morgan fingerprint density at radius 2 is 2.10 bits per heavy atom. The number of sulfonamides is 1. The molecule has 21 heavy (non-hydrogen) atoms. The molecule has 2 saturated heterocycles. The van der Waals surface area contributed by atoms with Crippen LogP contribution in [0.1, 0.15) is 6.42 Å². The topological polar surface area (TPSA) is 70.1 Å². The lowest BCUT2D eigenvalue weighted by Crippen LogP contribution is -2.49. The Kier molecular flexibility index (Phi) is 4.35. The summed E-state index contributed by atoms with van der Waals surface area (Å²) in [5, 5.41) is 12.4. The second-order valence-electron chi connectivity index (χ2n) is 5.63. The molecule has 0 aliphatic carbocycles. The maximum atomic E-state index is 12.5. The van der Waals surface area contributed by atoms with Crippen molar-refractivity contribution < 1.29 is 18.3 Å². The van der Waals surface area contributed by atoms with E-state index in [9.17, 15) is 13.5 Å². The third kappa shape index (κ3) is 3.30. The Balaban J connectivity index is 1.67. The highest BCUT2D eigenvalue weighted by Crippen LogP contribution is 2.29. The highest BCUT2D eigenvalue weighted by atomic mass is 32.2. The largest absolute Gasteiger partial charge is 0.387 e. The van der Waals surface area contributed by atoms with Crippen LogP contribution in [0.4, 0.5) is 0 Å². The van der Waals surface area contributed by atoms with E-state index in [2.05, 4.69) is 4.90 Å². The second-order valence-corrected chi connectivity index (χ2v) is 8.75.